The van der Waals surface area contributed by atoms with Crippen molar-refractivity contribution in [3.8, 4) is 0 Å². The van der Waals surface area contributed by atoms with Crippen LogP contribution in [0.1, 0.15) is 19.8 Å². The maximum Gasteiger partial charge on any atom is 0.132 e. The molecule has 0 saturated carbocycles. The van der Waals surface area contributed by atoms with Gasteiger partial charge in [-0.25, -0.2) is 0 Å². The Hall–Kier alpha value is -0.630. The number of hydrogen-bond donors (Lipinski definition) is 0. The number of ether oxygens (including phenoxy) is 1. The molecule has 1 nitrogen and oxygen atoms in total. The highest BCUT2D eigenvalue weighted by atomic mass is 32.2. The molecule has 0 N–H and O–H groups in total. The lowest BCUT2D eigenvalue weighted by molar-refractivity contribution is 0.241. The second-order valence-electron chi connectivity index (χ2n) is 2.76. The van der Waals surface area contributed by atoms with Gasteiger partial charge in [0.2, 0.25) is 0 Å². The number of allylic oxidation sites excluding steroid dienone is 3. The first-order chi connectivity index (χ1) is 6.38. The predicted octanol–water partition coefficient (Wildman–Crippen LogP) is 3.50. The SMILES string of the molecule is C=C/C=C(/OCC)C1=CCCCS1. The van der Waals surface area contributed by atoms with Crippen LogP contribution in [0.5, 0.6) is 0 Å². The van der Waals surface area contributed by atoms with Gasteiger partial charge in [-0.1, -0.05) is 18.7 Å². The van der Waals surface area contributed by atoms with Crippen molar-refractivity contribution in [3.63, 3.8) is 0 Å². The zero-order chi connectivity index (χ0) is 9.52. The van der Waals surface area contributed by atoms with Crippen LogP contribution >= 0.6 is 11.8 Å². The summed E-state index contributed by atoms with van der Waals surface area (Å²) in [7, 11) is 0. The van der Waals surface area contributed by atoms with E-state index in [0.717, 1.165) is 12.4 Å². The van der Waals surface area contributed by atoms with Crippen LogP contribution in [0.15, 0.2) is 35.5 Å². The van der Waals surface area contributed by atoms with Gasteiger partial charge >= 0.3 is 0 Å². The minimum atomic E-state index is 0.720. The van der Waals surface area contributed by atoms with Crippen LogP contribution in [-0.2, 0) is 4.74 Å². The molecule has 0 unspecified atom stereocenters. The van der Waals surface area contributed by atoms with Crippen molar-refractivity contribution in [3.05, 3.63) is 35.5 Å². The smallest absolute Gasteiger partial charge is 0.132 e. The lowest BCUT2D eigenvalue weighted by atomic mass is 10.3. The molecule has 0 atom stereocenters. The van der Waals surface area contributed by atoms with Gasteiger partial charge in [-0.05, 0) is 31.6 Å². The second kappa shape index (κ2) is 5.92. The molecule has 0 aromatic rings. The summed E-state index contributed by atoms with van der Waals surface area (Å²) in [4.78, 5) is 1.27. The maximum atomic E-state index is 5.52. The Labute approximate surface area is 84.6 Å². The van der Waals surface area contributed by atoms with Crippen molar-refractivity contribution in [2.75, 3.05) is 12.4 Å². The van der Waals surface area contributed by atoms with Crippen LogP contribution in [0.3, 0.4) is 0 Å². The fourth-order valence-electron chi connectivity index (χ4n) is 1.19. The third-order valence-electron chi connectivity index (χ3n) is 1.75. The Kier molecular flexibility index (Phi) is 4.76. The molecule has 0 bridgehead atoms. The molecule has 72 valence electrons. The quantitative estimate of drug-likeness (QED) is 0.502. The number of rotatable bonds is 4. The molecular weight excluding hydrogens is 180 g/mol. The van der Waals surface area contributed by atoms with E-state index in [1.54, 1.807) is 6.08 Å². The molecular formula is C11H16OS. The summed E-state index contributed by atoms with van der Waals surface area (Å²) in [6, 6.07) is 0. The Morgan fingerprint density at radius 2 is 2.62 bits per heavy atom. The van der Waals surface area contributed by atoms with E-state index in [1.807, 2.05) is 24.8 Å². The summed E-state index contributed by atoms with van der Waals surface area (Å²) in [6.45, 7) is 6.41. The van der Waals surface area contributed by atoms with Crippen LogP contribution < -0.4 is 0 Å². The minimum Gasteiger partial charge on any atom is -0.493 e. The van der Waals surface area contributed by atoms with Crippen molar-refractivity contribution < 1.29 is 4.74 Å². The normalized spacial score (nSPS) is 17.9. The van der Waals surface area contributed by atoms with E-state index in [9.17, 15) is 0 Å². The summed E-state index contributed by atoms with van der Waals surface area (Å²) in [6.07, 6.45) is 8.42. The maximum absolute atomic E-state index is 5.52. The van der Waals surface area contributed by atoms with Gasteiger partial charge in [-0.3, -0.25) is 0 Å². The molecule has 1 aliphatic heterocycles. The second-order valence-corrected chi connectivity index (χ2v) is 3.90. The van der Waals surface area contributed by atoms with Gasteiger partial charge in [-0.2, -0.15) is 0 Å². The average molecular weight is 196 g/mol. The van der Waals surface area contributed by atoms with Crippen molar-refractivity contribution >= 4 is 11.8 Å². The van der Waals surface area contributed by atoms with Crippen molar-refractivity contribution in [1.82, 2.24) is 0 Å². The largest absolute Gasteiger partial charge is 0.493 e. The first-order valence-electron chi connectivity index (χ1n) is 4.67. The predicted molar refractivity (Wildman–Crippen MR) is 59.7 cm³/mol. The highest BCUT2D eigenvalue weighted by Gasteiger charge is 2.09. The molecule has 0 radical (unpaired) electrons. The first-order valence-corrected chi connectivity index (χ1v) is 5.66. The molecule has 0 amide bonds. The van der Waals surface area contributed by atoms with E-state index in [4.69, 9.17) is 4.74 Å². The Morgan fingerprint density at radius 3 is 3.15 bits per heavy atom. The molecule has 0 aromatic heterocycles. The Morgan fingerprint density at radius 1 is 1.77 bits per heavy atom. The molecule has 1 rings (SSSR count). The third kappa shape index (κ3) is 3.31. The molecule has 13 heavy (non-hydrogen) atoms. The zero-order valence-corrected chi connectivity index (χ0v) is 8.90. The van der Waals surface area contributed by atoms with Crippen LogP contribution in [-0.4, -0.2) is 12.4 Å². The fraction of sp³-hybridized carbons (Fsp3) is 0.455. The van der Waals surface area contributed by atoms with Gasteiger partial charge in [0.15, 0.2) is 0 Å². The molecule has 0 aliphatic carbocycles. The number of hydrogen-bond acceptors (Lipinski definition) is 2. The van der Waals surface area contributed by atoms with E-state index in [2.05, 4.69) is 12.7 Å². The summed E-state index contributed by atoms with van der Waals surface area (Å²) in [5.41, 5.74) is 0. The Balaban J connectivity index is 2.67. The molecule has 2 heteroatoms. The topological polar surface area (TPSA) is 9.23 Å². The molecule has 0 fully saturated rings. The highest BCUT2D eigenvalue weighted by molar-refractivity contribution is 8.03. The van der Waals surface area contributed by atoms with Crippen LogP contribution in [0, 0.1) is 0 Å². The molecule has 1 heterocycles. The minimum absolute atomic E-state index is 0.720. The van der Waals surface area contributed by atoms with Gasteiger partial charge in [0.25, 0.3) is 0 Å². The van der Waals surface area contributed by atoms with E-state index in [0.29, 0.717) is 0 Å². The van der Waals surface area contributed by atoms with Gasteiger partial charge in [-0.15, -0.1) is 11.8 Å². The number of thioether (sulfide) groups is 1. The average Bonchev–Trinajstić information content (AvgIpc) is 2.19. The van der Waals surface area contributed by atoms with Gasteiger partial charge in [0, 0.05) is 4.91 Å². The van der Waals surface area contributed by atoms with E-state index < -0.39 is 0 Å². The monoisotopic (exact) mass is 196 g/mol. The molecule has 0 spiro atoms. The lowest BCUT2D eigenvalue weighted by Gasteiger charge is -2.15. The third-order valence-corrected chi connectivity index (χ3v) is 2.92. The summed E-state index contributed by atoms with van der Waals surface area (Å²) in [5, 5.41) is 0. The van der Waals surface area contributed by atoms with Crippen molar-refractivity contribution in [2.45, 2.75) is 19.8 Å². The van der Waals surface area contributed by atoms with Gasteiger partial charge in [0.1, 0.15) is 5.76 Å². The molecule has 0 aromatic carbocycles. The van der Waals surface area contributed by atoms with Crippen LogP contribution in [0.25, 0.3) is 0 Å². The summed E-state index contributed by atoms with van der Waals surface area (Å²) < 4.78 is 5.52. The van der Waals surface area contributed by atoms with Crippen molar-refractivity contribution in [1.29, 1.82) is 0 Å². The van der Waals surface area contributed by atoms with E-state index in [-0.39, 0.29) is 0 Å². The standard InChI is InChI=1S/C11H16OS/c1-3-7-10(12-4-2)11-8-5-6-9-13-11/h3,7-8H,1,4-6,9H2,2H3/b10-7+. The Bertz CT molecular complexity index is 228. The summed E-state index contributed by atoms with van der Waals surface area (Å²) in [5.74, 6) is 2.18. The van der Waals surface area contributed by atoms with E-state index >= 15 is 0 Å². The van der Waals surface area contributed by atoms with Crippen LogP contribution in [0.2, 0.25) is 0 Å². The van der Waals surface area contributed by atoms with Crippen molar-refractivity contribution in [2.24, 2.45) is 0 Å². The van der Waals surface area contributed by atoms with Gasteiger partial charge in [0.05, 0.1) is 6.61 Å². The van der Waals surface area contributed by atoms with Gasteiger partial charge < -0.3 is 4.74 Å². The highest BCUT2D eigenvalue weighted by Crippen LogP contribution is 2.30. The molecule has 1 aliphatic rings. The van der Waals surface area contributed by atoms with E-state index in [1.165, 1.54) is 23.5 Å². The molecule has 0 saturated heterocycles. The first kappa shape index (κ1) is 10.5. The van der Waals surface area contributed by atoms with Crippen LogP contribution in [0.4, 0.5) is 0 Å². The summed E-state index contributed by atoms with van der Waals surface area (Å²) >= 11 is 1.87. The fourth-order valence-corrected chi connectivity index (χ4v) is 2.23. The zero-order valence-electron chi connectivity index (χ0n) is 8.08. The lowest BCUT2D eigenvalue weighted by Crippen LogP contribution is -1.98.